The Kier molecular flexibility index (Phi) is 5.79. The fourth-order valence-corrected chi connectivity index (χ4v) is 7.32. The van der Waals surface area contributed by atoms with Gasteiger partial charge in [-0.25, -0.2) is 0 Å². The van der Waals surface area contributed by atoms with Crippen LogP contribution < -0.4 is 0 Å². The average Bonchev–Trinajstić information content (AvgIpc) is 3.53. The zero-order chi connectivity index (χ0) is 30.0. The van der Waals surface area contributed by atoms with Gasteiger partial charge in [-0.2, -0.15) is 0 Å². The van der Waals surface area contributed by atoms with Crippen LogP contribution in [0.4, 0.5) is 0 Å². The third-order valence-electron chi connectivity index (χ3n) is 9.31. The van der Waals surface area contributed by atoms with E-state index >= 15 is 0 Å². The first-order chi connectivity index (χ1) is 21.5. The Morgan fingerprint density at radius 2 is 1.09 bits per heavy atom. The number of nitrogens with zero attached hydrogens (tertiary/aromatic N) is 1. The number of carbonyl (C=O) groups excluding carboxylic acids is 2. The second-order valence-electron chi connectivity index (χ2n) is 11.9. The minimum absolute atomic E-state index is 0.639. The van der Waals surface area contributed by atoms with E-state index in [1.165, 1.54) is 49.7 Å². The number of hydrogen-bond acceptors (Lipinski definition) is 2. The van der Waals surface area contributed by atoms with Crippen molar-refractivity contribution in [3.63, 3.8) is 0 Å². The molecule has 1 aliphatic carbocycles. The number of aromatic nitrogens is 1. The number of aldehydes is 2. The fourth-order valence-electron chi connectivity index (χ4n) is 7.32. The molecule has 210 valence electrons. The molecular formula is C41H29NO2. The highest BCUT2D eigenvalue weighted by Gasteiger charge is 2.46. The van der Waals surface area contributed by atoms with Crippen molar-refractivity contribution < 1.29 is 9.59 Å². The van der Waals surface area contributed by atoms with E-state index in [9.17, 15) is 9.59 Å². The molecule has 1 aliphatic rings. The molecule has 0 unspecified atom stereocenters. The van der Waals surface area contributed by atoms with Gasteiger partial charge in [0, 0.05) is 27.6 Å². The topological polar surface area (TPSA) is 39.1 Å². The second-order valence-corrected chi connectivity index (χ2v) is 11.9. The first-order valence-corrected chi connectivity index (χ1v) is 14.9. The molecule has 0 bridgehead atoms. The van der Waals surface area contributed by atoms with Gasteiger partial charge in [0.25, 0.3) is 0 Å². The molecule has 6 aromatic carbocycles. The molecule has 0 fully saturated rings. The number of hydrogen-bond donors (Lipinski definition) is 0. The molecule has 44 heavy (non-hydrogen) atoms. The lowest BCUT2D eigenvalue weighted by molar-refractivity contribution is 0.111. The highest BCUT2D eigenvalue weighted by atomic mass is 16.1. The predicted molar refractivity (Wildman–Crippen MR) is 178 cm³/mol. The quantitative estimate of drug-likeness (QED) is 0.194. The molecule has 0 saturated heterocycles. The second kappa shape index (κ2) is 9.75. The van der Waals surface area contributed by atoms with Crippen molar-refractivity contribution in [2.24, 2.45) is 0 Å². The first kappa shape index (κ1) is 26.1. The summed E-state index contributed by atoms with van der Waals surface area (Å²) in [6, 6.07) is 44.7. The molecule has 3 nitrogen and oxygen atoms in total. The van der Waals surface area contributed by atoms with Gasteiger partial charge in [-0.1, -0.05) is 103 Å². The molecular weight excluding hydrogens is 538 g/mol. The smallest absolute Gasteiger partial charge is 0.150 e. The molecule has 1 heterocycles. The SMILES string of the molecule is Cc1ccc2c(c1)C(c1ccc(C=O)cc1)(c1ccc(C=O)cc1)c1cc3c4ccc(C)cc4n(-c4ccccc4)c3cc1-2. The summed E-state index contributed by atoms with van der Waals surface area (Å²) in [6.45, 7) is 4.27. The van der Waals surface area contributed by atoms with Crippen molar-refractivity contribution >= 4 is 34.4 Å². The molecule has 0 amide bonds. The minimum atomic E-state index is -0.653. The van der Waals surface area contributed by atoms with Crippen LogP contribution >= 0.6 is 0 Å². The van der Waals surface area contributed by atoms with Crippen LogP contribution in [0, 0.1) is 13.8 Å². The predicted octanol–water partition coefficient (Wildman–Crippen LogP) is 9.39. The van der Waals surface area contributed by atoms with Crippen molar-refractivity contribution in [2.75, 3.05) is 0 Å². The molecule has 0 aliphatic heterocycles. The summed E-state index contributed by atoms with van der Waals surface area (Å²) >= 11 is 0. The summed E-state index contributed by atoms with van der Waals surface area (Å²) in [5, 5.41) is 2.39. The maximum atomic E-state index is 11.7. The Morgan fingerprint density at radius 1 is 0.523 bits per heavy atom. The van der Waals surface area contributed by atoms with E-state index < -0.39 is 5.41 Å². The van der Waals surface area contributed by atoms with Gasteiger partial charge in [0.05, 0.1) is 16.4 Å². The summed E-state index contributed by atoms with van der Waals surface area (Å²) in [6.07, 6.45) is 1.78. The van der Waals surface area contributed by atoms with E-state index in [0.29, 0.717) is 11.1 Å². The molecule has 0 radical (unpaired) electrons. The van der Waals surface area contributed by atoms with E-state index in [-0.39, 0.29) is 0 Å². The number of para-hydroxylation sites is 1. The molecule has 0 saturated carbocycles. The van der Waals surface area contributed by atoms with Crippen LogP contribution in [0.1, 0.15) is 54.1 Å². The van der Waals surface area contributed by atoms with E-state index in [1.807, 2.05) is 24.3 Å². The highest BCUT2D eigenvalue weighted by Crippen LogP contribution is 2.57. The first-order valence-electron chi connectivity index (χ1n) is 14.9. The Hall–Kier alpha value is -5.54. The summed E-state index contributed by atoms with van der Waals surface area (Å²) in [4.78, 5) is 23.4. The summed E-state index contributed by atoms with van der Waals surface area (Å²) in [5.41, 5.74) is 13.4. The Bertz CT molecular complexity index is 2200. The van der Waals surface area contributed by atoms with Crippen LogP contribution in [0.5, 0.6) is 0 Å². The van der Waals surface area contributed by atoms with Crippen molar-refractivity contribution in [3.05, 3.63) is 172 Å². The number of fused-ring (bicyclic) bond motifs is 6. The lowest BCUT2D eigenvalue weighted by Gasteiger charge is -2.34. The van der Waals surface area contributed by atoms with Crippen molar-refractivity contribution in [1.29, 1.82) is 0 Å². The molecule has 3 heteroatoms. The molecule has 7 aromatic rings. The highest BCUT2D eigenvalue weighted by molar-refractivity contribution is 6.12. The third-order valence-corrected chi connectivity index (χ3v) is 9.31. The number of aryl methyl sites for hydroxylation is 2. The lowest BCUT2D eigenvalue weighted by atomic mass is 9.67. The molecule has 0 spiro atoms. The van der Waals surface area contributed by atoms with Gasteiger partial charge in [-0.3, -0.25) is 9.59 Å². The standard InChI is InChI=1S/C41H29NO2/c1-26-8-18-33-35-23-40-36(34-19-9-27(2)21-39(34)42(40)32-6-4-3-5-7-32)22-38(35)41(37(33)20-26,30-14-10-28(24-43)11-15-30)31-16-12-29(25-44)13-17-31/h3-25H,1-2H3. The number of benzene rings is 6. The summed E-state index contributed by atoms with van der Waals surface area (Å²) in [5.74, 6) is 0. The van der Waals surface area contributed by atoms with Gasteiger partial charge in [-0.05, 0) is 83.1 Å². The van der Waals surface area contributed by atoms with Crippen LogP contribution in [0.2, 0.25) is 0 Å². The van der Waals surface area contributed by atoms with E-state index in [2.05, 4.69) is 122 Å². The van der Waals surface area contributed by atoms with Gasteiger partial charge >= 0.3 is 0 Å². The monoisotopic (exact) mass is 567 g/mol. The third kappa shape index (κ3) is 3.62. The summed E-state index contributed by atoms with van der Waals surface area (Å²) in [7, 11) is 0. The van der Waals surface area contributed by atoms with Gasteiger partial charge in [0.15, 0.2) is 0 Å². The minimum Gasteiger partial charge on any atom is -0.309 e. The van der Waals surface area contributed by atoms with Gasteiger partial charge in [0.1, 0.15) is 12.6 Å². The van der Waals surface area contributed by atoms with Crippen LogP contribution in [0.3, 0.4) is 0 Å². The van der Waals surface area contributed by atoms with Gasteiger partial charge in [-0.15, -0.1) is 0 Å². The van der Waals surface area contributed by atoms with Crippen LogP contribution in [-0.2, 0) is 5.41 Å². The Labute approximate surface area is 256 Å². The molecule has 0 atom stereocenters. The van der Waals surface area contributed by atoms with Crippen LogP contribution in [0.25, 0.3) is 38.6 Å². The van der Waals surface area contributed by atoms with Crippen LogP contribution in [0.15, 0.2) is 127 Å². The van der Waals surface area contributed by atoms with Gasteiger partial charge < -0.3 is 4.57 Å². The normalized spacial score (nSPS) is 13.1. The Morgan fingerprint density at radius 3 is 1.73 bits per heavy atom. The average molecular weight is 568 g/mol. The maximum absolute atomic E-state index is 11.7. The van der Waals surface area contributed by atoms with Crippen molar-refractivity contribution in [3.8, 4) is 16.8 Å². The lowest BCUT2D eigenvalue weighted by Crippen LogP contribution is -2.28. The van der Waals surface area contributed by atoms with Crippen molar-refractivity contribution in [2.45, 2.75) is 19.3 Å². The molecule has 0 N–H and O–H groups in total. The fraction of sp³-hybridized carbons (Fsp3) is 0.0732. The maximum Gasteiger partial charge on any atom is 0.150 e. The van der Waals surface area contributed by atoms with Crippen molar-refractivity contribution in [1.82, 2.24) is 4.57 Å². The molecule has 8 rings (SSSR count). The van der Waals surface area contributed by atoms with Gasteiger partial charge in [0.2, 0.25) is 0 Å². The Balaban J connectivity index is 1.56. The summed E-state index contributed by atoms with van der Waals surface area (Å²) < 4.78 is 2.38. The zero-order valence-corrected chi connectivity index (χ0v) is 24.5. The zero-order valence-electron chi connectivity index (χ0n) is 24.5. The van der Waals surface area contributed by atoms with E-state index in [1.54, 1.807) is 0 Å². The number of rotatable bonds is 5. The number of carbonyl (C=O) groups is 2. The van der Waals surface area contributed by atoms with E-state index in [0.717, 1.165) is 34.9 Å². The van der Waals surface area contributed by atoms with E-state index in [4.69, 9.17) is 0 Å². The largest absolute Gasteiger partial charge is 0.309 e. The van der Waals surface area contributed by atoms with Crippen LogP contribution in [-0.4, -0.2) is 17.1 Å². The molecule has 1 aromatic heterocycles.